The van der Waals surface area contributed by atoms with Crippen LogP contribution in [-0.2, 0) is 11.2 Å². The average molecular weight is 336 g/mol. The van der Waals surface area contributed by atoms with Crippen LogP contribution in [0.5, 0.6) is 0 Å². The average Bonchev–Trinajstić information content (AvgIpc) is 2.59. The van der Waals surface area contributed by atoms with Gasteiger partial charge in [0.05, 0.1) is 11.3 Å². The molecule has 2 amide bonds. The van der Waals surface area contributed by atoms with E-state index in [4.69, 9.17) is 0 Å². The minimum atomic E-state index is -0.231. The summed E-state index contributed by atoms with van der Waals surface area (Å²) in [6.45, 7) is 8.07. The smallest absolute Gasteiger partial charge is 0.253 e. The fraction of sp³-hybridized carbons (Fsp3) is 0.238. The highest BCUT2D eigenvalue weighted by Crippen LogP contribution is 2.17. The molecular formula is C21H24N2O2. The first-order chi connectivity index (χ1) is 12.0. The van der Waals surface area contributed by atoms with Crippen LogP contribution in [0.4, 0.5) is 5.69 Å². The van der Waals surface area contributed by atoms with Crippen LogP contribution in [0.1, 0.15) is 33.5 Å². The van der Waals surface area contributed by atoms with Gasteiger partial charge in [-0.1, -0.05) is 42.0 Å². The Morgan fingerprint density at radius 2 is 1.88 bits per heavy atom. The second kappa shape index (κ2) is 8.83. The lowest BCUT2D eigenvalue weighted by molar-refractivity contribution is -0.116. The molecular weight excluding hydrogens is 312 g/mol. The lowest BCUT2D eigenvalue weighted by Crippen LogP contribution is -2.25. The number of aryl methyl sites for hydroxylation is 3. The summed E-state index contributed by atoms with van der Waals surface area (Å²) in [5, 5.41) is 5.57. The number of hydrogen-bond acceptors (Lipinski definition) is 2. The molecule has 0 saturated carbocycles. The van der Waals surface area contributed by atoms with Crippen LogP contribution in [-0.4, -0.2) is 18.4 Å². The van der Waals surface area contributed by atoms with E-state index in [2.05, 4.69) is 49.3 Å². The number of anilines is 1. The maximum atomic E-state index is 12.3. The third kappa shape index (κ3) is 5.31. The molecule has 25 heavy (non-hydrogen) atoms. The zero-order chi connectivity index (χ0) is 18.2. The Labute approximate surface area is 149 Å². The fourth-order valence-electron chi connectivity index (χ4n) is 2.64. The van der Waals surface area contributed by atoms with Crippen molar-refractivity contribution in [2.75, 3.05) is 11.9 Å². The Bertz CT molecular complexity index is 781. The summed E-state index contributed by atoms with van der Waals surface area (Å²) >= 11 is 0. The zero-order valence-electron chi connectivity index (χ0n) is 14.8. The first-order valence-corrected chi connectivity index (χ1v) is 8.35. The van der Waals surface area contributed by atoms with Gasteiger partial charge in [0.15, 0.2) is 0 Å². The van der Waals surface area contributed by atoms with E-state index in [0.717, 1.165) is 5.56 Å². The summed E-state index contributed by atoms with van der Waals surface area (Å²) in [6.07, 6.45) is 2.65. The number of para-hydroxylation sites is 1. The van der Waals surface area contributed by atoms with E-state index >= 15 is 0 Å². The number of rotatable bonds is 7. The van der Waals surface area contributed by atoms with Crippen molar-refractivity contribution in [2.24, 2.45) is 0 Å². The Hall–Kier alpha value is -2.88. The van der Waals surface area contributed by atoms with Gasteiger partial charge in [0.25, 0.3) is 5.91 Å². The third-order valence-corrected chi connectivity index (χ3v) is 3.97. The van der Waals surface area contributed by atoms with Gasteiger partial charge in [0.2, 0.25) is 5.91 Å². The molecule has 0 fully saturated rings. The van der Waals surface area contributed by atoms with Crippen LogP contribution in [0.25, 0.3) is 0 Å². The van der Waals surface area contributed by atoms with Gasteiger partial charge in [-0.15, -0.1) is 6.58 Å². The number of amides is 2. The van der Waals surface area contributed by atoms with Crippen LogP contribution in [0.2, 0.25) is 0 Å². The fourth-order valence-corrected chi connectivity index (χ4v) is 2.64. The molecule has 0 radical (unpaired) electrons. The SMILES string of the molecule is C=CCNC(=O)c1ccccc1NC(=O)CCc1ccc(C)cc1C. The highest BCUT2D eigenvalue weighted by Gasteiger charge is 2.12. The van der Waals surface area contributed by atoms with Crippen molar-refractivity contribution in [2.45, 2.75) is 26.7 Å². The lowest BCUT2D eigenvalue weighted by Gasteiger charge is -2.11. The molecule has 0 heterocycles. The summed E-state index contributed by atoms with van der Waals surface area (Å²) in [7, 11) is 0. The molecule has 0 saturated heterocycles. The molecule has 0 aliphatic heterocycles. The van der Waals surface area contributed by atoms with Crippen molar-refractivity contribution < 1.29 is 9.59 Å². The van der Waals surface area contributed by atoms with E-state index in [9.17, 15) is 9.59 Å². The van der Waals surface area contributed by atoms with Crippen molar-refractivity contribution >= 4 is 17.5 Å². The topological polar surface area (TPSA) is 58.2 Å². The van der Waals surface area contributed by atoms with E-state index in [-0.39, 0.29) is 11.8 Å². The van der Waals surface area contributed by atoms with Crippen molar-refractivity contribution in [3.63, 3.8) is 0 Å². The monoisotopic (exact) mass is 336 g/mol. The Morgan fingerprint density at radius 1 is 1.12 bits per heavy atom. The predicted molar refractivity (Wildman–Crippen MR) is 102 cm³/mol. The Morgan fingerprint density at radius 3 is 2.60 bits per heavy atom. The maximum absolute atomic E-state index is 12.3. The molecule has 0 bridgehead atoms. The number of benzene rings is 2. The molecule has 2 aromatic carbocycles. The molecule has 2 N–H and O–H groups in total. The Kier molecular flexibility index (Phi) is 6.52. The summed E-state index contributed by atoms with van der Waals surface area (Å²) in [5.74, 6) is -0.339. The standard InChI is InChI=1S/C21H24N2O2/c1-4-13-22-21(25)18-7-5-6-8-19(18)23-20(24)12-11-17-10-9-15(2)14-16(17)3/h4-10,14H,1,11-13H2,2-3H3,(H,22,25)(H,23,24). The summed E-state index contributed by atoms with van der Waals surface area (Å²) in [6, 6.07) is 13.2. The van der Waals surface area contributed by atoms with E-state index in [0.29, 0.717) is 30.6 Å². The highest BCUT2D eigenvalue weighted by atomic mass is 16.2. The molecule has 2 aromatic rings. The van der Waals surface area contributed by atoms with Crippen molar-refractivity contribution in [1.82, 2.24) is 5.32 Å². The molecule has 130 valence electrons. The molecule has 0 aliphatic carbocycles. The molecule has 0 unspecified atom stereocenters. The molecule has 0 aliphatic rings. The summed E-state index contributed by atoms with van der Waals surface area (Å²) < 4.78 is 0. The van der Waals surface area contributed by atoms with Gasteiger partial charge >= 0.3 is 0 Å². The van der Waals surface area contributed by atoms with Crippen molar-refractivity contribution in [3.05, 3.63) is 77.4 Å². The minimum absolute atomic E-state index is 0.107. The lowest BCUT2D eigenvalue weighted by atomic mass is 10.0. The van der Waals surface area contributed by atoms with Crippen LogP contribution in [0, 0.1) is 13.8 Å². The first-order valence-electron chi connectivity index (χ1n) is 8.35. The molecule has 4 heteroatoms. The summed E-state index contributed by atoms with van der Waals surface area (Å²) in [5.41, 5.74) is 4.54. The second-order valence-corrected chi connectivity index (χ2v) is 6.02. The van der Waals surface area contributed by atoms with Crippen LogP contribution in [0.3, 0.4) is 0 Å². The van der Waals surface area contributed by atoms with Gasteiger partial charge in [-0.3, -0.25) is 9.59 Å². The summed E-state index contributed by atoms with van der Waals surface area (Å²) in [4.78, 5) is 24.4. The predicted octanol–water partition coefficient (Wildman–Crippen LogP) is 3.79. The van der Waals surface area contributed by atoms with E-state index in [1.54, 1.807) is 30.3 Å². The molecule has 0 atom stereocenters. The van der Waals surface area contributed by atoms with E-state index in [1.165, 1.54) is 11.1 Å². The number of carbonyl (C=O) groups excluding carboxylic acids is 2. The number of nitrogens with one attached hydrogen (secondary N) is 2. The van der Waals surface area contributed by atoms with Crippen molar-refractivity contribution in [3.8, 4) is 0 Å². The van der Waals surface area contributed by atoms with Gasteiger partial charge in [0, 0.05) is 13.0 Å². The maximum Gasteiger partial charge on any atom is 0.253 e. The normalized spacial score (nSPS) is 10.2. The zero-order valence-corrected chi connectivity index (χ0v) is 14.8. The molecule has 0 aromatic heterocycles. The second-order valence-electron chi connectivity index (χ2n) is 6.02. The minimum Gasteiger partial charge on any atom is -0.349 e. The van der Waals surface area contributed by atoms with Crippen molar-refractivity contribution in [1.29, 1.82) is 0 Å². The van der Waals surface area contributed by atoms with Crippen LogP contribution >= 0.6 is 0 Å². The quantitative estimate of drug-likeness (QED) is 0.756. The van der Waals surface area contributed by atoms with Crippen LogP contribution < -0.4 is 10.6 Å². The van der Waals surface area contributed by atoms with Gasteiger partial charge in [-0.25, -0.2) is 0 Å². The van der Waals surface area contributed by atoms with Gasteiger partial charge in [-0.2, -0.15) is 0 Å². The van der Waals surface area contributed by atoms with Gasteiger partial charge in [-0.05, 0) is 43.5 Å². The Balaban J connectivity index is 2.00. The largest absolute Gasteiger partial charge is 0.349 e. The number of carbonyl (C=O) groups is 2. The van der Waals surface area contributed by atoms with E-state index in [1.807, 2.05) is 0 Å². The highest BCUT2D eigenvalue weighted by molar-refractivity contribution is 6.03. The number of hydrogen-bond donors (Lipinski definition) is 2. The molecule has 4 nitrogen and oxygen atoms in total. The van der Waals surface area contributed by atoms with Gasteiger partial charge in [0.1, 0.15) is 0 Å². The van der Waals surface area contributed by atoms with Crippen LogP contribution in [0.15, 0.2) is 55.1 Å². The molecule has 2 rings (SSSR count). The van der Waals surface area contributed by atoms with Gasteiger partial charge < -0.3 is 10.6 Å². The first kappa shape index (κ1) is 18.5. The molecule has 0 spiro atoms. The third-order valence-electron chi connectivity index (χ3n) is 3.97. The van der Waals surface area contributed by atoms with E-state index < -0.39 is 0 Å².